The average Bonchev–Trinajstić information content (AvgIpc) is 3.05. The molecule has 0 saturated carbocycles. The van der Waals surface area contributed by atoms with E-state index in [1.807, 2.05) is 11.6 Å². The molecular weight excluding hydrogens is 531 g/mol. The summed E-state index contributed by atoms with van der Waals surface area (Å²) in [7, 11) is 0. The normalized spacial score (nSPS) is 15.7. The first-order valence-corrected chi connectivity index (χ1v) is 12.9. The molecule has 0 aliphatic carbocycles. The number of carbonyl (C=O) groups is 1. The standard InChI is InChI=1S/C23H25BrF3N5OS/c1-13-21(14(2)32(30-13)12-15-6-8-31(34-3)9-7-15)29-22(33)18-11-20(23(25,26)27)28-19-5-4-16(24)10-17(18)19/h4-5,10-11,15H,6-9,12H2,1-3H3,(H,29,33). The van der Waals surface area contributed by atoms with Crippen LogP contribution in [0.1, 0.15) is 40.3 Å². The van der Waals surface area contributed by atoms with E-state index in [-0.39, 0.29) is 11.1 Å². The van der Waals surface area contributed by atoms with Gasteiger partial charge in [0.15, 0.2) is 0 Å². The molecular formula is C23H25BrF3N5OS. The highest BCUT2D eigenvalue weighted by molar-refractivity contribution is 9.10. The minimum atomic E-state index is -4.67. The zero-order valence-corrected chi connectivity index (χ0v) is 21.4. The molecule has 3 aromatic rings. The molecule has 1 fully saturated rings. The molecule has 11 heteroatoms. The Bertz CT molecular complexity index is 1220. The van der Waals surface area contributed by atoms with Crippen molar-refractivity contribution in [3.63, 3.8) is 0 Å². The number of aryl methyl sites for hydroxylation is 1. The molecule has 182 valence electrons. The third-order valence-corrected chi connectivity index (χ3v) is 7.56. The summed E-state index contributed by atoms with van der Waals surface area (Å²) in [5.41, 5.74) is 0.850. The molecule has 34 heavy (non-hydrogen) atoms. The third-order valence-electron chi connectivity index (χ3n) is 6.19. The maximum absolute atomic E-state index is 13.4. The molecule has 2 aromatic heterocycles. The topological polar surface area (TPSA) is 63.1 Å². The SMILES string of the molecule is CSN1CCC(Cn2nc(C)c(NC(=O)c3cc(C(F)(F)F)nc4ccc(Br)cc34)c2C)CC1. The fourth-order valence-electron chi connectivity index (χ4n) is 4.29. The van der Waals surface area contributed by atoms with E-state index in [1.165, 1.54) is 6.07 Å². The number of nitrogens with zero attached hydrogens (tertiary/aromatic N) is 4. The second-order valence-electron chi connectivity index (χ2n) is 8.45. The van der Waals surface area contributed by atoms with E-state index in [2.05, 4.69) is 41.9 Å². The minimum Gasteiger partial charge on any atom is -0.319 e. The van der Waals surface area contributed by atoms with Crippen LogP contribution in [0.15, 0.2) is 28.7 Å². The van der Waals surface area contributed by atoms with Crippen LogP contribution in [0.3, 0.4) is 0 Å². The van der Waals surface area contributed by atoms with Gasteiger partial charge in [0.2, 0.25) is 0 Å². The van der Waals surface area contributed by atoms with E-state index in [1.54, 1.807) is 31.0 Å². The number of rotatable bonds is 5. The molecule has 1 aromatic carbocycles. The molecule has 0 spiro atoms. The maximum Gasteiger partial charge on any atom is 0.433 e. The fourth-order valence-corrected chi connectivity index (χ4v) is 5.22. The predicted octanol–water partition coefficient (Wildman–Crippen LogP) is 6.07. The fraction of sp³-hybridized carbons (Fsp3) is 0.435. The highest BCUT2D eigenvalue weighted by atomic mass is 79.9. The molecule has 0 unspecified atom stereocenters. The van der Waals surface area contributed by atoms with Crippen molar-refractivity contribution in [3.05, 3.63) is 51.4 Å². The molecule has 1 aliphatic rings. The highest BCUT2D eigenvalue weighted by Crippen LogP contribution is 2.33. The lowest BCUT2D eigenvalue weighted by molar-refractivity contribution is -0.140. The van der Waals surface area contributed by atoms with E-state index >= 15 is 0 Å². The number of aromatic nitrogens is 3. The molecule has 4 rings (SSSR count). The van der Waals surface area contributed by atoms with Gasteiger partial charge >= 0.3 is 6.18 Å². The zero-order chi connectivity index (χ0) is 24.6. The number of anilines is 1. The quantitative estimate of drug-likeness (QED) is 0.387. The summed E-state index contributed by atoms with van der Waals surface area (Å²) >= 11 is 5.08. The van der Waals surface area contributed by atoms with Gasteiger partial charge in [-0.25, -0.2) is 4.98 Å². The first-order chi connectivity index (χ1) is 16.1. The lowest BCUT2D eigenvalue weighted by Crippen LogP contribution is -2.30. The lowest BCUT2D eigenvalue weighted by Gasteiger charge is -2.30. The molecule has 3 heterocycles. The summed E-state index contributed by atoms with van der Waals surface area (Å²) in [6.45, 7) is 6.46. The smallest absolute Gasteiger partial charge is 0.319 e. The zero-order valence-electron chi connectivity index (χ0n) is 19.0. The largest absolute Gasteiger partial charge is 0.433 e. The first-order valence-electron chi connectivity index (χ1n) is 10.9. The second-order valence-corrected chi connectivity index (χ2v) is 10.2. The Morgan fingerprint density at radius 1 is 1.24 bits per heavy atom. The van der Waals surface area contributed by atoms with Gasteiger partial charge in [-0.15, -0.1) is 0 Å². The molecule has 1 saturated heterocycles. The van der Waals surface area contributed by atoms with Crippen LogP contribution in [0.4, 0.5) is 18.9 Å². The molecule has 0 atom stereocenters. The summed E-state index contributed by atoms with van der Waals surface area (Å²) in [6.07, 6.45) is -0.449. The van der Waals surface area contributed by atoms with E-state index in [4.69, 9.17) is 0 Å². The first kappa shape index (κ1) is 25.0. The van der Waals surface area contributed by atoms with Crippen molar-refractivity contribution in [3.8, 4) is 0 Å². The van der Waals surface area contributed by atoms with Crippen LogP contribution >= 0.6 is 27.9 Å². The van der Waals surface area contributed by atoms with Crippen molar-refractivity contribution < 1.29 is 18.0 Å². The van der Waals surface area contributed by atoms with Gasteiger partial charge in [-0.3, -0.25) is 13.8 Å². The number of alkyl halides is 3. The Balaban J connectivity index is 1.61. The summed E-state index contributed by atoms with van der Waals surface area (Å²) in [4.78, 5) is 16.9. The van der Waals surface area contributed by atoms with Crippen molar-refractivity contribution >= 4 is 50.4 Å². The second kappa shape index (κ2) is 9.87. The van der Waals surface area contributed by atoms with Crippen molar-refractivity contribution in [2.75, 3.05) is 24.7 Å². The molecule has 1 N–H and O–H groups in total. The maximum atomic E-state index is 13.4. The summed E-state index contributed by atoms with van der Waals surface area (Å²) in [6, 6.07) is 5.46. The van der Waals surface area contributed by atoms with Gasteiger partial charge in [-0.05, 0) is 63.1 Å². The number of piperidine rings is 1. The van der Waals surface area contributed by atoms with Crippen molar-refractivity contribution in [1.82, 2.24) is 19.1 Å². The minimum absolute atomic E-state index is 0.0883. The van der Waals surface area contributed by atoms with E-state index in [0.29, 0.717) is 27.2 Å². The Labute approximate surface area is 208 Å². The predicted molar refractivity (Wildman–Crippen MR) is 132 cm³/mol. The van der Waals surface area contributed by atoms with E-state index in [9.17, 15) is 18.0 Å². The third kappa shape index (κ3) is 5.26. The van der Waals surface area contributed by atoms with Crippen molar-refractivity contribution in [1.29, 1.82) is 0 Å². The Kier molecular flexibility index (Phi) is 7.25. The number of carbonyl (C=O) groups excluding carboxylic acids is 1. The van der Waals surface area contributed by atoms with E-state index in [0.717, 1.165) is 44.2 Å². The van der Waals surface area contributed by atoms with Crippen LogP contribution in [0.2, 0.25) is 0 Å². The van der Waals surface area contributed by atoms with Gasteiger partial charge in [-0.2, -0.15) is 18.3 Å². The monoisotopic (exact) mass is 555 g/mol. The number of halogens is 4. The Morgan fingerprint density at radius 3 is 2.59 bits per heavy atom. The molecule has 0 radical (unpaired) electrons. The van der Waals surface area contributed by atoms with Gasteiger partial charge in [0.1, 0.15) is 5.69 Å². The number of hydrogen-bond donors (Lipinski definition) is 1. The summed E-state index contributed by atoms with van der Waals surface area (Å²) < 4.78 is 45.2. The highest BCUT2D eigenvalue weighted by Gasteiger charge is 2.34. The molecule has 0 bridgehead atoms. The van der Waals surface area contributed by atoms with Crippen molar-refractivity contribution in [2.24, 2.45) is 5.92 Å². The molecule has 1 amide bonds. The number of nitrogens with one attached hydrogen (secondary N) is 1. The average molecular weight is 556 g/mol. The number of amides is 1. The van der Waals surface area contributed by atoms with Crippen LogP contribution in [-0.2, 0) is 12.7 Å². The van der Waals surface area contributed by atoms with Crippen LogP contribution < -0.4 is 5.32 Å². The number of pyridine rings is 1. The van der Waals surface area contributed by atoms with Crippen LogP contribution in [0, 0.1) is 19.8 Å². The van der Waals surface area contributed by atoms with Gasteiger partial charge in [0.25, 0.3) is 5.91 Å². The van der Waals surface area contributed by atoms with Gasteiger partial charge in [-0.1, -0.05) is 27.9 Å². The van der Waals surface area contributed by atoms with Gasteiger partial charge < -0.3 is 5.32 Å². The number of hydrogen-bond acceptors (Lipinski definition) is 5. The van der Waals surface area contributed by atoms with Crippen molar-refractivity contribution in [2.45, 2.75) is 39.4 Å². The van der Waals surface area contributed by atoms with Crippen LogP contribution in [-0.4, -0.2) is 44.3 Å². The van der Waals surface area contributed by atoms with E-state index < -0.39 is 17.8 Å². The van der Waals surface area contributed by atoms with Crippen LogP contribution in [0.5, 0.6) is 0 Å². The number of fused-ring (bicyclic) bond motifs is 1. The Morgan fingerprint density at radius 2 is 1.94 bits per heavy atom. The summed E-state index contributed by atoms with van der Waals surface area (Å²) in [5, 5.41) is 7.76. The summed E-state index contributed by atoms with van der Waals surface area (Å²) in [5.74, 6) is -0.143. The lowest BCUT2D eigenvalue weighted by atomic mass is 9.98. The Hall–Kier alpha value is -2.11. The van der Waals surface area contributed by atoms with Gasteiger partial charge in [0.05, 0.1) is 28.2 Å². The van der Waals surface area contributed by atoms with Gasteiger partial charge in [0, 0.05) is 29.5 Å². The van der Waals surface area contributed by atoms with Crippen LogP contribution in [0.25, 0.3) is 10.9 Å². The number of benzene rings is 1. The molecule has 6 nitrogen and oxygen atoms in total. The molecule has 1 aliphatic heterocycles.